The second kappa shape index (κ2) is 4.03. The van der Waals surface area contributed by atoms with Gasteiger partial charge in [-0.3, -0.25) is 0 Å². The van der Waals surface area contributed by atoms with Gasteiger partial charge >= 0.3 is 0 Å². The fourth-order valence-electron chi connectivity index (χ4n) is 2.06. The van der Waals surface area contributed by atoms with Crippen LogP contribution in [0.25, 0.3) is 5.57 Å². The third-order valence-corrected chi connectivity index (χ3v) is 3.17. The van der Waals surface area contributed by atoms with E-state index >= 15 is 0 Å². The zero-order valence-corrected chi connectivity index (χ0v) is 9.25. The normalized spacial score (nSPS) is 15.8. The molecule has 0 bridgehead atoms. The van der Waals surface area contributed by atoms with E-state index in [4.69, 9.17) is 0 Å². The van der Waals surface area contributed by atoms with Crippen molar-refractivity contribution in [1.29, 1.82) is 0 Å². The number of hydrogen-bond acceptors (Lipinski definition) is 1. The molecule has 0 fully saturated rings. The minimum Gasteiger partial charge on any atom is -0.392 e. The number of aliphatic hydroxyl groups excluding tert-OH is 1. The Morgan fingerprint density at radius 2 is 1.93 bits per heavy atom. The molecule has 1 aliphatic rings. The molecule has 0 heterocycles. The number of rotatable bonds is 2. The lowest BCUT2D eigenvalue weighted by atomic mass is 9.96. The molecule has 0 aliphatic heterocycles. The Balaban J connectivity index is 2.48. The molecule has 1 N–H and O–H groups in total. The zero-order valence-electron chi connectivity index (χ0n) is 9.25. The van der Waals surface area contributed by atoms with E-state index in [0.29, 0.717) is 0 Å². The molecule has 1 aliphatic carbocycles. The molecule has 0 atom stereocenters. The van der Waals surface area contributed by atoms with Crippen molar-refractivity contribution in [3.8, 4) is 0 Å². The summed E-state index contributed by atoms with van der Waals surface area (Å²) in [6.45, 7) is 4.41. The van der Waals surface area contributed by atoms with Gasteiger partial charge < -0.3 is 5.11 Å². The standard InChI is InChI=1S/C14H16O/c1-10-7-8-13(11(10)2)14-6-4-3-5-12(14)9-15/h3-7,15H,8-9H2,1-2H3. The lowest BCUT2D eigenvalue weighted by Gasteiger charge is -2.10. The number of aliphatic hydroxyl groups is 1. The van der Waals surface area contributed by atoms with Crippen LogP contribution >= 0.6 is 0 Å². The first-order chi connectivity index (χ1) is 7.24. The van der Waals surface area contributed by atoms with Crippen LogP contribution in [-0.4, -0.2) is 5.11 Å². The SMILES string of the molecule is CC1=CCC(c2ccccc2CO)=C1C. The van der Waals surface area contributed by atoms with Crippen LogP contribution in [0.4, 0.5) is 0 Å². The van der Waals surface area contributed by atoms with E-state index in [0.717, 1.165) is 12.0 Å². The number of allylic oxidation sites excluding steroid dienone is 4. The highest BCUT2D eigenvalue weighted by Crippen LogP contribution is 2.34. The molecule has 1 aromatic carbocycles. The average molecular weight is 200 g/mol. The molecule has 15 heavy (non-hydrogen) atoms. The van der Waals surface area contributed by atoms with Crippen LogP contribution in [0, 0.1) is 0 Å². The van der Waals surface area contributed by atoms with E-state index in [-0.39, 0.29) is 6.61 Å². The van der Waals surface area contributed by atoms with Crippen molar-refractivity contribution < 1.29 is 5.11 Å². The maximum Gasteiger partial charge on any atom is 0.0687 e. The van der Waals surface area contributed by atoms with E-state index in [1.54, 1.807) is 0 Å². The summed E-state index contributed by atoms with van der Waals surface area (Å²) < 4.78 is 0. The van der Waals surface area contributed by atoms with E-state index in [9.17, 15) is 5.11 Å². The summed E-state index contributed by atoms with van der Waals surface area (Å²) >= 11 is 0. The van der Waals surface area contributed by atoms with Gasteiger partial charge in [-0.05, 0) is 42.5 Å². The fraction of sp³-hybridized carbons (Fsp3) is 0.286. The Morgan fingerprint density at radius 1 is 1.20 bits per heavy atom. The van der Waals surface area contributed by atoms with Crippen LogP contribution in [0.1, 0.15) is 31.4 Å². The monoisotopic (exact) mass is 200 g/mol. The van der Waals surface area contributed by atoms with E-state index < -0.39 is 0 Å². The molecule has 1 nitrogen and oxygen atoms in total. The van der Waals surface area contributed by atoms with Crippen LogP contribution in [0.5, 0.6) is 0 Å². The molecular formula is C14H16O. The van der Waals surface area contributed by atoms with Crippen LogP contribution in [0.15, 0.2) is 41.5 Å². The van der Waals surface area contributed by atoms with Gasteiger partial charge in [0.15, 0.2) is 0 Å². The maximum atomic E-state index is 9.29. The lowest BCUT2D eigenvalue weighted by Crippen LogP contribution is -1.93. The first-order valence-corrected chi connectivity index (χ1v) is 5.30. The van der Waals surface area contributed by atoms with Crippen molar-refractivity contribution in [3.05, 3.63) is 52.6 Å². The highest BCUT2D eigenvalue weighted by atomic mass is 16.3. The highest BCUT2D eigenvalue weighted by molar-refractivity contribution is 5.77. The first kappa shape index (κ1) is 10.2. The summed E-state index contributed by atoms with van der Waals surface area (Å²) in [7, 11) is 0. The molecule has 0 unspecified atom stereocenters. The summed E-state index contributed by atoms with van der Waals surface area (Å²) in [6.07, 6.45) is 3.24. The van der Waals surface area contributed by atoms with Gasteiger partial charge in [0.2, 0.25) is 0 Å². The molecule has 0 saturated heterocycles. The Morgan fingerprint density at radius 3 is 2.53 bits per heavy atom. The molecule has 78 valence electrons. The second-order valence-corrected chi connectivity index (χ2v) is 4.01. The predicted molar refractivity (Wildman–Crippen MR) is 63.3 cm³/mol. The smallest absolute Gasteiger partial charge is 0.0687 e. The Hall–Kier alpha value is -1.34. The predicted octanol–water partition coefficient (Wildman–Crippen LogP) is 3.30. The molecular weight excluding hydrogens is 184 g/mol. The van der Waals surface area contributed by atoms with E-state index in [1.165, 1.54) is 22.3 Å². The first-order valence-electron chi connectivity index (χ1n) is 5.30. The van der Waals surface area contributed by atoms with E-state index in [2.05, 4.69) is 26.0 Å². The van der Waals surface area contributed by atoms with Gasteiger partial charge in [-0.25, -0.2) is 0 Å². The molecule has 0 radical (unpaired) electrons. The van der Waals surface area contributed by atoms with E-state index in [1.807, 2.05) is 18.2 Å². The third-order valence-electron chi connectivity index (χ3n) is 3.17. The molecule has 0 spiro atoms. The molecule has 1 heteroatoms. The largest absolute Gasteiger partial charge is 0.392 e. The van der Waals surface area contributed by atoms with Gasteiger partial charge in [0, 0.05) is 0 Å². The Bertz CT molecular complexity index is 438. The Labute approximate surface area is 90.8 Å². The van der Waals surface area contributed by atoms with Crippen molar-refractivity contribution in [2.75, 3.05) is 0 Å². The van der Waals surface area contributed by atoms with Crippen LogP contribution in [-0.2, 0) is 6.61 Å². The summed E-state index contributed by atoms with van der Waals surface area (Å²) in [5.74, 6) is 0. The average Bonchev–Trinajstić information content (AvgIpc) is 2.60. The van der Waals surface area contributed by atoms with Gasteiger partial charge in [-0.15, -0.1) is 0 Å². The minimum atomic E-state index is 0.117. The summed E-state index contributed by atoms with van der Waals surface area (Å²) in [5.41, 5.74) is 6.30. The van der Waals surface area contributed by atoms with Gasteiger partial charge in [0.25, 0.3) is 0 Å². The number of benzene rings is 1. The Kier molecular flexibility index (Phi) is 2.74. The van der Waals surface area contributed by atoms with Crippen LogP contribution in [0.3, 0.4) is 0 Å². The molecule has 2 rings (SSSR count). The van der Waals surface area contributed by atoms with Crippen molar-refractivity contribution in [3.63, 3.8) is 0 Å². The molecule has 0 saturated carbocycles. The summed E-state index contributed by atoms with van der Waals surface area (Å²) in [6, 6.07) is 8.09. The summed E-state index contributed by atoms with van der Waals surface area (Å²) in [5, 5.41) is 9.29. The summed E-state index contributed by atoms with van der Waals surface area (Å²) in [4.78, 5) is 0. The number of hydrogen-bond donors (Lipinski definition) is 1. The molecule has 0 amide bonds. The minimum absolute atomic E-state index is 0.117. The van der Waals surface area contributed by atoms with Gasteiger partial charge in [0.1, 0.15) is 0 Å². The van der Waals surface area contributed by atoms with Crippen molar-refractivity contribution in [2.24, 2.45) is 0 Å². The van der Waals surface area contributed by atoms with Gasteiger partial charge in [-0.1, -0.05) is 35.9 Å². The molecule has 1 aromatic rings. The van der Waals surface area contributed by atoms with Gasteiger partial charge in [-0.2, -0.15) is 0 Å². The second-order valence-electron chi connectivity index (χ2n) is 4.01. The fourth-order valence-corrected chi connectivity index (χ4v) is 2.06. The lowest BCUT2D eigenvalue weighted by molar-refractivity contribution is 0.281. The topological polar surface area (TPSA) is 20.2 Å². The van der Waals surface area contributed by atoms with Crippen molar-refractivity contribution in [1.82, 2.24) is 0 Å². The van der Waals surface area contributed by atoms with Crippen LogP contribution in [0.2, 0.25) is 0 Å². The van der Waals surface area contributed by atoms with Crippen LogP contribution < -0.4 is 0 Å². The third kappa shape index (κ3) is 1.75. The maximum absolute atomic E-state index is 9.29. The quantitative estimate of drug-likeness (QED) is 0.776. The zero-order chi connectivity index (χ0) is 10.8. The van der Waals surface area contributed by atoms with Crippen molar-refractivity contribution >= 4 is 5.57 Å². The van der Waals surface area contributed by atoms with Gasteiger partial charge in [0.05, 0.1) is 6.61 Å². The van der Waals surface area contributed by atoms with Crippen molar-refractivity contribution in [2.45, 2.75) is 26.9 Å². The molecule has 0 aromatic heterocycles. The highest BCUT2D eigenvalue weighted by Gasteiger charge is 2.14.